The van der Waals surface area contributed by atoms with E-state index in [4.69, 9.17) is 5.11 Å². The van der Waals surface area contributed by atoms with Crippen LogP contribution in [0.25, 0.3) is 0 Å². The van der Waals surface area contributed by atoms with E-state index in [1.165, 1.54) is 18.2 Å². The first-order valence-electron chi connectivity index (χ1n) is 6.38. The molecule has 1 rings (SSSR count). The molecule has 0 spiro atoms. The van der Waals surface area contributed by atoms with Crippen LogP contribution in [-0.2, 0) is 0 Å². The SMILES string of the molecule is CC(O)CC(C)(C)CNC(=O)c1cccc(C(=O)O)n1. The van der Waals surface area contributed by atoms with Gasteiger partial charge in [-0.25, -0.2) is 9.78 Å². The van der Waals surface area contributed by atoms with Gasteiger partial charge in [-0.1, -0.05) is 19.9 Å². The maximum Gasteiger partial charge on any atom is 0.354 e. The van der Waals surface area contributed by atoms with E-state index in [1.807, 2.05) is 13.8 Å². The average Bonchev–Trinajstić information content (AvgIpc) is 2.34. The summed E-state index contributed by atoms with van der Waals surface area (Å²) < 4.78 is 0. The molecule has 0 aliphatic rings. The molecular weight excluding hydrogens is 260 g/mol. The third-order valence-electron chi connectivity index (χ3n) is 2.78. The highest BCUT2D eigenvalue weighted by atomic mass is 16.4. The molecule has 3 N–H and O–H groups in total. The van der Waals surface area contributed by atoms with Crippen molar-refractivity contribution >= 4 is 11.9 Å². The van der Waals surface area contributed by atoms with Gasteiger partial charge >= 0.3 is 5.97 Å². The summed E-state index contributed by atoms with van der Waals surface area (Å²) in [5.74, 6) is -1.60. The van der Waals surface area contributed by atoms with E-state index in [9.17, 15) is 14.7 Å². The second-order valence-corrected chi connectivity index (χ2v) is 5.61. The molecule has 0 fully saturated rings. The summed E-state index contributed by atoms with van der Waals surface area (Å²) in [6.07, 6.45) is 0.103. The molecule has 6 nitrogen and oxygen atoms in total. The van der Waals surface area contributed by atoms with Gasteiger partial charge in [-0.3, -0.25) is 4.79 Å². The lowest BCUT2D eigenvalue weighted by Crippen LogP contribution is -2.36. The quantitative estimate of drug-likeness (QED) is 0.729. The number of nitrogens with zero attached hydrogens (tertiary/aromatic N) is 1. The molecule has 1 amide bonds. The summed E-state index contributed by atoms with van der Waals surface area (Å²) in [7, 11) is 0. The van der Waals surface area contributed by atoms with Crippen LogP contribution < -0.4 is 5.32 Å². The highest BCUT2D eigenvalue weighted by Crippen LogP contribution is 2.21. The summed E-state index contributed by atoms with van der Waals surface area (Å²) in [5.41, 5.74) is -0.354. The van der Waals surface area contributed by atoms with E-state index in [0.29, 0.717) is 13.0 Å². The first kappa shape index (κ1) is 16.1. The number of aliphatic hydroxyl groups excluding tert-OH is 1. The van der Waals surface area contributed by atoms with E-state index >= 15 is 0 Å². The van der Waals surface area contributed by atoms with Gasteiger partial charge in [-0.05, 0) is 30.9 Å². The lowest BCUT2D eigenvalue weighted by Gasteiger charge is -2.26. The fraction of sp³-hybridized carbons (Fsp3) is 0.500. The van der Waals surface area contributed by atoms with Gasteiger partial charge < -0.3 is 15.5 Å². The number of aromatic carboxylic acids is 1. The molecular formula is C14H20N2O4. The molecule has 1 unspecified atom stereocenters. The minimum atomic E-state index is -1.17. The number of aromatic nitrogens is 1. The van der Waals surface area contributed by atoms with Crippen molar-refractivity contribution in [3.63, 3.8) is 0 Å². The summed E-state index contributed by atoms with van der Waals surface area (Å²) in [4.78, 5) is 26.5. The van der Waals surface area contributed by atoms with Crippen molar-refractivity contribution in [2.75, 3.05) is 6.54 Å². The van der Waals surface area contributed by atoms with Crippen LogP contribution in [0.4, 0.5) is 0 Å². The Morgan fingerprint density at radius 1 is 1.35 bits per heavy atom. The van der Waals surface area contributed by atoms with Gasteiger partial charge in [-0.2, -0.15) is 0 Å². The minimum Gasteiger partial charge on any atom is -0.477 e. The smallest absolute Gasteiger partial charge is 0.354 e. The minimum absolute atomic E-state index is 0.0674. The second-order valence-electron chi connectivity index (χ2n) is 5.61. The van der Waals surface area contributed by atoms with Gasteiger partial charge in [0.1, 0.15) is 11.4 Å². The van der Waals surface area contributed by atoms with E-state index in [2.05, 4.69) is 10.3 Å². The van der Waals surface area contributed by atoms with Gasteiger partial charge in [0, 0.05) is 6.54 Å². The van der Waals surface area contributed by atoms with Crippen molar-refractivity contribution in [2.45, 2.75) is 33.3 Å². The Balaban J connectivity index is 2.68. The maximum absolute atomic E-state index is 11.9. The largest absolute Gasteiger partial charge is 0.477 e. The van der Waals surface area contributed by atoms with E-state index < -0.39 is 18.0 Å². The topological polar surface area (TPSA) is 99.5 Å². The van der Waals surface area contributed by atoms with Gasteiger partial charge in [0.2, 0.25) is 0 Å². The average molecular weight is 280 g/mol. The van der Waals surface area contributed by atoms with Crippen LogP contribution in [-0.4, -0.2) is 39.7 Å². The van der Waals surface area contributed by atoms with E-state index in [-0.39, 0.29) is 16.8 Å². The van der Waals surface area contributed by atoms with Crippen LogP contribution in [0.3, 0.4) is 0 Å². The summed E-state index contributed by atoms with van der Waals surface area (Å²) in [6, 6.07) is 4.27. The van der Waals surface area contributed by atoms with Gasteiger partial charge in [-0.15, -0.1) is 0 Å². The van der Waals surface area contributed by atoms with Crippen molar-refractivity contribution in [3.05, 3.63) is 29.6 Å². The van der Waals surface area contributed by atoms with Crippen LogP contribution in [0.2, 0.25) is 0 Å². The first-order valence-corrected chi connectivity index (χ1v) is 6.38. The number of carbonyl (C=O) groups excluding carboxylic acids is 1. The van der Waals surface area contributed by atoms with Gasteiger partial charge in [0.15, 0.2) is 0 Å². The fourth-order valence-corrected chi connectivity index (χ4v) is 1.96. The number of carboxylic acid groups (broad SMARTS) is 1. The third kappa shape index (κ3) is 4.97. The number of amides is 1. The maximum atomic E-state index is 11.9. The predicted octanol–water partition coefficient (Wildman–Crippen LogP) is 1.31. The van der Waals surface area contributed by atoms with Gasteiger partial charge in [0.05, 0.1) is 6.10 Å². The highest BCUT2D eigenvalue weighted by Gasteiger charge is 2.22. The molecule has 6 heteroatoms. The fourth-order valence-electron chi connectivity index (χ4n) is 1.96. The Bertz CT molecular complexity index is 498. The molecule has 110 valence electrons. The van der Waals surface area contributed by atoms with Crippen molar-refractivity contribution in [1.29, 1.82) is 0 Å². The lowest BCUT2D eigenvalue weighted by atomic mass is 9.87. The van der Waals surface area contributed by atoms with Crippen molar-refractivity contribution < 1.29 is 19.8 Å². The predicted molar refractivity (Wildman–Crippen MR) is 73.6 cm³/mol. The number of pyridine rings is 1. The van der Waals surface area contributed by atoms with E-state index in [1.54, 1.807) is 6.92 Å². The number of hydrogen-bond donors (Lipinski definition) is 3. The lowest BCUT2D eigenvalue weighted by molar-refractivity contribution is 0.0690. The molecule has 0 aliphatic carbocycles. The number of carbonyl (C=O) groups is 2. The number of hydrogen-bond acceptors (Lipinski definition) is 4. The molecule has 1 aromatic rings. The number of rotatable bonds is 6. The number of aliphatic hydroxyl groups is 1. The van der Waals surface area contributed by atoms with Crippen LogP contribution in [0, 0.1) is 5.41 Å². The summed E-state index contributed by atoms with van der Waals surface area (Å²) in [6.45, 7) is 5.93. The first-order chi connectivity index (χ1) is 9.21. The molecule has 1 atom stereocenters. The molecule has 0 bridgehead atoms. The van der Waals surface area contributed by atoms with Crippen LogP contribution in [0.1, 0.15) is 48.2 Å². The Hall–Kier alpha value is -1.95. The Morgan fingerprint density at radius 3 is 2.50 bits per heavy atom. The van der Waals surface area contributed by atoms with Crippen molar-refractivity contribution in [1.82, 2.24) is 10.3 Å². The van der Waals surface area contributed by atoms with E-state index in [0.717, 1.165) is 0 Å². The standard InChI is InChI=1S/C14H20N2O4/c1-9(17)7-14(2,3)8-15-12(18)10-5-4-6-11(16-10)13(19)20/h4-6,9,17H,7-8H2,1-3H3,(H,15,18)(H,19,20). The molecule has 0 saturated heterocycles. The molecule has 1 aromatic heterocycles. The molecule has 20 heavy (non-hydrogen) atoms. The molecule has 0 saturated carbocycles. The molecule has 0 aromatic carbocycles. The zero-order chi connectivity index (χ0) is 15.3. The number of carboxylic acids is 1. The summed E-state index contributed by atoms with van der Waals surface area (Å²) >= 11 is 0. The van der Waals surface area contributed by atoms with Crippen LogP contribution >= 0.6 is 0 Å². The molecule has 1 heterocycles. The van der Waals surface area contributed by atoms with Crippen LogP contribution in [0.15, 0.2) is 18.2 Å². The van der Waals surface area contributed by atoms with Crippen molar-refractivity contribution in [2.24, 2.45) is 5.41 Å². The third-order valence-corrected chi connectivity index (χ3v) is 2.78. The van der Waals surface area contributed by atoms with Crippen molar-refractivity contribution in [3.8, 4) is 0 Å². The zero-order valence-electron chi connectivity index (χ0n) is 11.9. The zero-order valence-corrected chi connectivity index (χ0v) is 11.9. The molecule has 0 radical (unpaired) electrons. The number of nitrogens with one attached hydrogen (secondary N) is 1. The Kier molecular flexibility index (Phi) is 5.21. The summed E-state index contributed by atoms with van der Waals surface area (Å²) in [5, 5.41) is 20.9. The van der Waals surface area contributed by atoms with Crippen LogP contribution in [0.5, 0.6) is 0 Å². The Morgan fingerprint density at radius 2 is 1.95 bits per heavy atom. The second kappa shape index (κ2) is 6.47. The molecule has 0 aliphatic heterocycles. The highest BCUT2D eigenvalue weighted by molar-refractivity contribution is 5.94. The normalized spacial score (nSPS) is 12.8. The van der Waals surface area contributed by atoms with Gasteiger partial charge in [0.25, 0.3) is 5.91 Å². The Labute approximate surface area is 117 Å². The monoisotopic (exact) mass is 280 g/mol.